The molecule has 1 aliphatic rings. The monoisotopic (exact) mass is 284 g/mol. The Morgan fingerprint density at radius 1 is 1.10 bits per heavy atom. The molecule has 0 unspecified atom stereocenters. The minimum absolute atomic E-state index is 0.00508. The van der Waals surface area contributed by atoms with Crippen LogP contribution in [0.5, 0.6) is 0 Å². The summed E-state index contributed by atoms with van der Waals surface area (Å²) in [5.41, 5.74) is 1.74. The number of nitrogens with zero attached hydrogens (tertiary/aromatic N) is 3. The fraction of sp³-hybridized carbons (Fsp3) is 0.375. The normalized spacial score (nSPS) is 15.5. The summed E-state index contributed by atoms with van der Waals surface area (Å²) in [7, 11) is 0. The number of carbonyl (C=O) groups is 1. The van der Waals surface area contributed by atoms with Crippen LogP contribution in [0.3, 0.4) is 0 Å². The van der Waals surface area contributed by atoms with Crippen molar-refractivity contribution in [2.45, 2.75) is 25.7 Å². The van der Waals surface area contributed by atoms with Crippen molar-refractivity contribution in [2.75, 3.05) is 18.4 Å². The van der Waals surface area contributed by atoms with E-state index in [4.69, 9.17) is 0 Å². The molecule has 1 aromatic heterocycles. The van der Waals surface area contributed by atoms with Crippen molar-refractivity contribution in [3.63, 3.8) is 0 Å². The van der Waals surface area contributed by atoms with Gasteiger partial charge in [0.1, 0.15) is 0 Å². The Bertz CT molecular complexity index is 586. The molecule has 2 heterocycles. The third-order valence-corrected chi connectivity index (χ3v) is 3.76. The number of likely N-dealkylation sites (tertiary alicyclic amines) is 1. The number of hydrogen-bond donors (Lipinski definition) is 1. The van der Waals surface area contributed by atoms with E-state index < -0.39 is 0 Å². The summed E-state index contributed by atoms with van der Waals surface area (Å²) in [4.78, 5) is 14.2. The zero-order chi connectivity index (χ0) is 14.5. The number of hydrogen-bond acceptors (Lipinski definition) is 2. The van der Waals surface area contributed by atoms with Crippen molar-refractivity contribution in [2.24, 2.45) is 0 Å². The average molecular weight is 284 g/mol. The van der Waals surface area contributed by atoms with Crippen LogP contribution in [0.2, 0.25) is 0 Å². The smallest absolute Gasteiger partial charge is 0.321 e. The van der Waals surface area contributed by atoms with E-state index in [1.54, 1.807) is 10.9 Å². The average Bonchev–Trinajstić information content (AvgIpc) is 2.90. The van der Waals surface area contributed by atoms with Crippen molar-refractivity contribution in [3.8, 4) is 5.69 Å². The number of benzene rings is 1. The standard InChI is InChI=1S/C16H20N4O/c21-16(19-10-3-1-2-4-11-19)18-14-7-5-8-15(13-14)20-12-6-9-17-20/h5-9,12-13H,1-4,10-11H2,(H,18,21). The molecule has 21 heavy (non-hydrogen) atoms. The van der Waals surface area contributed by atoms with Gasteiger partial charge in [-0.3, -0.25) is 0 Å². The first-order chi connectivity index (χ1) is 10.3. The van der Waals surface area contributed by atoms with Crippen LogP contribution in [0, 0.1) is 0 Å². The molecule has 5 nitrogen and oxygen atoms in total. The summed E-state index contributed by atoms with van der Waals surface area (Å²) in [6.07, 6.45) is 8.26. The van der Waals surface area contributed by atoms with Crippen LogP contribution >= 0.6 is 0 Å². The Morgan fingerprint density at radius 2 is 1.90 bits per heavy atom. The number of nitrogens with one attached hydrogen (secondary N) is 1. The maximum absolute atomic E-state index is 12.3. The molecule has 0 atom stereocenters. The maximum atomic E-state index is 12.3. The van der Waals surface area contributed by atoms with E-state index in [2.05, 4.69) is 10.4 Å². The molecule has 0 aliphatic carbocycles. The van der Waals surface area contributed by atoms with Gasteiger partial charge in [-0.25, -0.2) is 9.48 Å². The molecule has 1 aliphatic heterocycles. The highest BCUT2D eigenvalue weighted by molar-refractivity contribution is 5.89. The van der Waals surface area contributed by atoms with Gasteiger partial charge >= 0.3 is 6.03 Å². The predicted octanol–water partition coefficient (Wildman–Crippen LogP) is 3.28. The molecular formula is C16H20N4O. The molecule has 0 saturated carbocycles. The number of amides is 2. The third kappa shape index (κ3) is 3.42. The summed E-state index contributed by atoms with van der Waals surface area (Å²) >= 11 is 0. The van der Waals surface area contributed by atoms with Gasteiger partial charge in [0.15, 0.2) is 0 Å². The van der Waals surface area contributed by atoms with Gasteiger partial charge in [0.25, 0.3) is 0 Å². The SMILES string of the molecule is O=C(Nc1cccc(-n2cccn2)c1)N1CCCCCC1. The fourth-order valence-electron chi connectivity index (χ4n) is 2.62. The summed E-state index contributed by atoms with van der Waals surface area (Å²) in [5, 5.41) is 7.19. The van der Waals surface area contributed by atoms with E-state index in [9.17, 15) is 4.79 Å². The molecule has 3 rings (SSSR count). The molecule has 0 spiro atoms. The van der Waals surface area contributed by atoms with E-state index in [-0.39, 0.29) is 6.03 Å². The van der Waals surface area contributed by atoms with Crippen molar-refractivity contribution in [3.05, 3.63) is 42.7 Å². The first-order valence-corrected chi connectivity index (χ1v) is 7.49. The summed E-state index contributed by atoms with van der Waals surface area (Å²) in [6.45, 7) is 1.70. The summed E-state index contributed by atoms with van der Waals surface area (Å²) in [5.74, 6) is 0. The lowest BCUT2D eigenvalue weighted by Gasteiger charge is -2.21. The summed E-state index contributed by atoms with van der Waals surface area (Å²) in [6, 6.07) is 9.60. The van der Waals surface area contributed by atoms with Gasteiger partial charge in [0, 0.05) is 31.2 Å². The van der Waals surface area contributed by atoms with Gasteiger partial charge in [-0.1, -0.05) is 18.9 Å². The van der Waals surface area contributed by atoms with Crippen LogP contribution in [0.4, 0.5) is 10.5 Å². The second-order valence-electron chi connectivity index (χ2n) is 5.33. The Kier molecular flexibility index (Phi) is 4.19. The van der Waals surface area contributed by atoms with Gasteiger partial charge in [0.05, 0.1) is 5.69 Å². The first-order valence-electron chi connectivity index (χ1n) is 7.49. The minimum atomic E-state index is -0.00508. The third-order valence-electron chi connectivity index (χ3n) is 3.76. The second-order valence-corrected chi connectivity index (χ2v) is 5.33. The Hall–Kier alpha value is -2.30. The molecule has 110 valence electrons. The molecule has 0 bridgehead atoms. The highest BCUT2D eigenvalue weighted by atomic mass is 16.2. The molecule has 1 N–H and O–H groups in total. The van der Waals surface area contributed by atoms with E-state index in [0.29, 0.717) is 0 Å². The maximum Gasteiger partial charge on any atom is 0.321 e. The Labute approximate surface area is 124 Å². The Morgan fingerprint density at radius 3 is 2.62 bits per heavy atom. The Balaban J connectivity index is 1.69. The number of anilines is 1. The van der Waals surface area contributed by atoms with Crippen molar-refractivity contribution >= 4 is 11.7 Å². The molecule has 1 aromatic carbocycles. The number of rotatable bonds is 2. The highest BCUT2D eigenvalue weighted by Crippen LogP contribution is 2.16. The van der Waals surface area contributed by atoms with Crippen LogP contribution in [-0.4, -0.2) is 33.8 Å². The molecule has 1 fully saturated rings. The first kappa shape index (κ1) is 13.7. The van der Waals surface area contributed by atoms with Gasteiger partial charge in [-0.05, 0) is 37.1 Å². The molecule has 5 heteroatoms. The molecule has 1 saturated heterocycles. The van der Waals surface area contributed by atoms with Crippen molar-refractivity contribution in [1.82, 2.24) is 14.7 Å². The van der Waals surface area contributed by atoms with Crippen LogP contribution in [-0.2, 0) is 0 Å². The van der Waals surface area contributed by atoms with Gasteiger partial charge in [-0.15, -0.1) is 0 Å². The lowest BCUT2D eigenvalue weighted by molar-refractivity contribution is 0.214. The fourth-order valence-corrected chi connectivity index (χ4v) is 2.62. The van der Waals surface area contributed by atoms with Crippen molar-refractivity contribution in [1.29, 1.82) is 0 Å². The van der Waals surface area contributed by atoms with Crippen LogP contribution in [0.15, 0.2) is 42.7 Å². The van der Waals surface area contributed by atoms with Gasteiger partial charge in [-0.2, -0.15) is 5.10 Å². The molecule has 2 aromatic rings. The highest BCUT2D eigenvalue weighted by Gasteiger charge is 2.15. The number of urea groups is 1. The van der Waals surface area contributed by atoms with E-state index >= 15 is 0 Å². The van der Waals surface area contributed by atoms with Crippen LogP contribution < -0.4 is 5.32 Å². The molecule has 2 amide bonds. The quantitative estimate of drug-likeness (QED) is 0.920. The number of carbonyl (C=O) groups excluding carboxylic acids is 1. The van der Waals surface area contributed by atoms with Crippen molar-refractivity contribution < 1.29 is 4.79 Å². The van der Waals surface area contributed by atoms with Gasteiger partial charge in [0.2, 0.25) is 0 Å². The topological polar surface area (TPSA) is 50.2 Å². The lowest BCUT2D eigenvalue weighted by Crippen LogP contribution is -2.35. The van der Waals surface area contributed by atoms with Crippen LogP contribution in [0.1, 0.15) is 25.7 Å². The largest absolute Gasteiger partial charge is 0.325 e. The van der Waals surface area contributed by atoms with E-state index in [1.165, 1.54) is 12.8 Å². The minimum Gasteiger partial charge on any atom is -0.325 e. The summed E-state index contributed by atoms with van der Waals surface area (Å²) < 4.78 is 1.78. The second kappa shape index (κ2) is 6.43. The van der Waals surface area contributed by atoms with E-state index in [1.807, 2.05) is 41.4 Å². The lowest BCUT2D eigenvalue weighted by atomic mass is 10.2. The molecule has 0 radical (unpaired) electrons. The van der Waals surface area contributed by atoms with Crippen LogP contribution in [0.25, 0.3) is 5.69 Å². The predicted molar refractivity (Wildman–Crippen MR) is 82.6 cm³/mol. The van der Waals surface area contributed by atoms with Gasteiger partial charge < -0.3 is 10.2 Å². The number of aromatic nitrogens is 2. The van der Waals surface area contributed by atoms with E-state index in [0.717, 1.165) is 37.3 Å². The zero-order valence-electron chi connectivity index (χ0n) is 12.0. The molecular weight excluding hydrogens is 264 g/mol. The zero-order valence-corrected chi connectivity index (χ0v) is 12.0.